The SMILES string of the molecule is CCC(C)(C)CCN1CC(CN)CC1C.Cl. The predicted octanol–water partition coefficient (Wildman–Crippen LogP) is 2.90. The van der Waals surface area contributed by atoms with Crippen LogP contribution in [0.25, 0.3) is 0 Å². The van der Waals surface area contributed by atoms with Crippen LogP contribution in [0.3, 0.4) is 0 Å². The van der Waals surface area contributed by atoms with Gasteiger partial charge in [-0.2, -0.15) is 0 Å². The number of nitrogens with two attached hydrogens (primary N) is 1. The van der Waals surface area contributed by atoms with Gasteiger partial charge in [0.2, 0.25) is 0 Å². The first kappa shape index (κ1) is 16.2. The average Bonchev–Trinajstić information content (AvgIpc) is 2.57. The van der Waals surface area contributed by atoms with Crippen LogP contribution < -0.4 is 5.73 Å². The zero-order valence-electron chi connectivity index (χ0n) is 11.3. The maximum Gasteiger partial charge on any atom is 0.00706 e. The molecule has 2 unspecified atom stereocenters. The van der Waals surface area contributed by atoms with E-state index in [1.54, 1.807) is 0 Å². The van der Waals surface area contributed by atoms with E-state index in [1.807, 2.05) is 0 Å². The third-order valence-corrected chi connectivity index (χ3v) is 4.16. The van der Waals surface area contributed by atoms with Crippen molar-refractivity contribution in [2.45, 2.75) is 53.0 Å². The predicted molar refractivity (Wildman–Crippen MR) is 74.1 cm³/mol. The van der Waals surface area contributed by atoms with Crippen LogP contribution in [-0.2, 0) is 0 Å². The molecule has 0 bridgehead atoms. The first-order valence-corrected chi connectivity index (χ1v) is 6.42. The van der Waals surface area contributed by atoms with Crippen molar-refractivity contribution in [3.05, 3.63) is 0 Å². The van der Waals surface area contributed by atoms with E-state index < -0.39 is 0 Å². The molecular formula is C13H29ClN2. The minimum absolute atomic E-state index is 0. The molecule has 2 atom stereocenters. The van der Waals surface area contributed by atoms with Gasteiger partial charge < -0.3 is 10.6 Å². The first-order chi connectivity index (χ1) is 6.98. The van der Waals surface area contributed by atoms with Crippen LogP contribution in [0, 0.1) is 11.3 Å². The molecule has 2 nitrogen and oxygen atoms in total. The summed E-state index contributed by atoms with van der Waals surface area (Å²) in [5.41, 5.74) is 6.24. The highest BCUT2D eigenvalue weighted by Crippen LogP contribution is 2.28. The van der Waals surface area contributed by atoms with Crippen molar-refractivity contribution >= 4 is 12.4 Å². The molecule has 0 aliphatic carbocycles. The highest BCUT2D eigenvalue weighted by atomic mass is 35.5. The topological polar surface area (TPSA) is 29.3 Å². The lowest BCUT2D eigenvalue weighted by atomic mass is 9.86. The van der Waals surface area contributed by atoms with Gasteiger partial charge in [0, 0.05) is 12.6 Å². The van der Waals surface area contributed by atoms with E-state index in [0.717, 1.165) is 18.5 Å². The largest absolute Gasteiger partial charge is 0.330 e. The Morgan fingerprint density at radius 3 is 2.44 bits per heavy atom. The highest BCUT2D eigenvalue weighted by Gasteiger charge is 2.28. The van der Waals surface area contributed by atoms with Gasteiger partial charge in [-0.1, -0.05) is 27.2 Å². The summed E-state index contributed by atoms with van der Waals surface area (Å²) in [6.07, 6.45) is 3.88. The molecular weight excluding hydrogens is 220 g/mol. The molecule has 0 aromatic heterocycles. The molecule has 1 aliphatic rings. The van der Waals surface area contributed by atoms with Crippen LogP contribution in [-0.4, -0.2) is 30.6 Å². The van der Waals surface area contributed by atoms with Crippen LogP contribution in [0.1, 0.15) is 47.0 Å². The van der Waals surface area contributed by atoms with Gasteiger partial charge in [0.1, 0.15) is 0 Å². The molecule has 0 aromatic rings. The lowest BCUT2D eigenvalue weighted by molar-refractivity contribution is 0.206. The van der Waals surface area contributed by atoms with E-state index in [1.165, 1.54) is 32.4 Å². The Balaban J connectivity index is 0.00000225. The first-order valence-electron chi connectivity index (χ1n) is 6.42. The molecule has 16 heavy (non-hydrogen) atoms. The Morgan fingerprint density at radius 2 is 2.00 bits per heavy atom. The number of rotatable bonds is 5. The van der Waals surface area contributed by atoms with Gasteiger partial charge in [-0.15, -0.1) is 12.4 Å². The lowest BCUT2D eigenvalue weighted by Gasteiger charge is -2.28. The number of hydrogen-bond donors (Lipinski definition) is 1. The monoisotopic (exact) mass is 248 g/mol. The van der Waals surface area contributed by atoms with Crippen molar-refractivity contribution in [2.75, 3.05) is 19.6 Å². The number of halogens is 1. The summed E-state index contributed by atoms with van der Waals surface area (Å²) in [4.78, 5) is 2.62. The van der Waals surface area contributed by atoms with Crippen LogP contribution in [0.15, 0.2) is 0 Å². The fraction of sp³-hybridized carbons (Fsp3) is 1.00. The summed E-state index contributed by atoms with van der Waals surface area (Å²) in [6, 6.07) is 0.742. The van der Waals surface area contributed by atoms with E-state index in [-0.39, 0.29) is 12.4 Å². The fourth-order valence-electron chi connectivity index (χ4n) is 2.32. The lowest BCUT2D eigenvalue weighted by Crippen LogP contribution is -2.31. The molecule has 3 heteroatoms. The number of likely N-dealkylation sites (tertiary alicyclic amines) is 1. The second-order valence-electron chi connectivity index (χ2n) is 5.95. The zero-order valence-corrected chi connectivity index (χ0v) is 12.1. The Morgan fingerprint density at radius 1 is 1.38 bits per heavy atom. The zero-order chi connectivity index (χ0) is 11.5. The van der Waals surface area contributed by atoms with Crippen LogP contribution in [0.2, 0.25) is 0 Å². The molecule has 1 heterocycles. The minimum atomic E-state index is 0. The van der Waals surface area contributed by atoms with E-state index in [0.29, 0.717) is 5.41 Å². The number of nitrogens with zero attached hydrogens (tertiary/aromatic N) is 1. The van der Waals surface area contributed by atoms with E-state index in [9.17, 15) is 0 Å². The number of hydrogen-bond acceptors (Lipinski definition) is 2. The van der Waals surface area contributed by atoms with Gasteiger partial charge in [-0.05, 0) is 44.2 Å². The quantitative estimate of drug-likeness (QED) is 0.811. The summed E-state index contributed by atoms with van der Waals surface area (Å²) in [6.45, 7) is 12.7. The molecule has 98 valence electrons. The molecule has 2 N–H and O–H groups in total. The van der Waals surface area contributed by atoms with E-state index >= 15 is 0 Å². The molecule has 0 spiro atoms. The van der Waals surface area contributed by atoms with Crippen molar-refractivity contribution < 1.29 is 0 Å². The summed E-state index contributed by atoms with van der Waals surface area (Å²) in [5, 5.41) is 0. The molecule has 1 aliphatic heterocycles. The second-order valence-corrected chi connectivity index (χ2v) is 5.95. The van der Waals surface area contributed by atoms with Gasteiger partial charge >= 0.3 is 0 Å². The maximum atomic E-state index is 5.74. The van der Waals surface area contributed by atoms with Crippen molar-refractivity contribution in [2.24, 2.45) is 17.1 Å². The summed E-state index contributed by atoms with van der Waals surface area (Å²) < 4.78 is 0. The van der Waals surface area contributed by atoms with Crippen LogP contribution in [0.4, 0.5) is 0 Å². The highest BCUT2D eigenvalue weighted by molar-refractivity contribution is 5.85. The van der Waals surface area contributed by atoms with Crippen LogP contribution in [0.5, 0.6) is 0 Å². The molecule has 0 amide bonds. The summed E-state index contributed by atoms with van der Waals surface area (Å²) in [5.74, 6) is 0.740. The van der Waals surface area contributed by atoms with Gasteiger partial charge in [0.05, 0.1) is 0 Å². The standard InChI is InChI=1S/C13H28N2.ClH/c1-5-13(3,4)6-7-15-10-12(9-14)8-11(15)2;/h11-12H,5-10,14H2,1-4H3;1H. The fourth-order valence-corrected chi connectivity index (χ4v) is 2.32. The average molecular weight is 249 g/mol. The van der Waals surface area contributed by atoms with E-state index in [2.05, 4.69) is 32.6 Å². The molecule has 0 aromatic carbocycles. The van der Waals surface area contributed by atoms with Gasteiger partial charge in [0.25, 0.3) is 0 Å². The van der Waals surface area contributed by atoms with E-state index in [4.69, 9.17) is 5.73 Å². The Hall–Kier alpha value is 0.210. The van der Waals surface area contributed by atoms with Crippen molar-refractivity contribution in [1.82, 2.24) is 4.90 Å². The Kier molecular flexibility index (Phi) is 6.92. The van der Waals surface area contributed by atoms with Gasteiger partial charge in [-0.25, -0.2) is 0 Å². The summed E-state index contributed by atoms with van der Waals surface area (Å²) >= 11 is 0. The molecule has 1 rings (SSSR count). The van der Waals surface area contributed by atoms with Crippen LogP contribution >= 0.6 is 12.4 Å². The van der Waals surface area contributed by atoms with Crippen molar-refractivity contribution in [3.63, 3.8) is 0 Å². The Labute approximate surface area is 107 Å². The third-order valence-electron chi connectivity index (χ3n) is 4.16. The molecule has 1 fully saturated rings. The van der Waals surface area contributed by atoms with Crippen molar-refractivity contribution in [1.29, 1.82) is 0 Å². The van der Waals surface area contributed by atoms with Crippen molar-refractivity contribution in [3.8, 4) is 0 Å². The molecule has 1 saturated heterocycles. The maximum absolute atomic E-state index is 5.74. The molecule has 0 saturated carbocycles. The smallest absolute Gasteiger partial charge is 0.00706 e. The summed E-state index contributed by atoms with van der Waals surface area (Å²) in [7, 11) is 0. The second kappa shape index (κ2) is 6.83. The normalized spacial score (nSPS) is 26.8. The van der Waals surface area contributed by atoms with Gasteiger partial charge in [-0.3, -0.25) is 0 Å². The Bertz CT molecular complexity index is 194. The van der Waals surface area contributed by atoms with Gasteiger partial charge in [0.15, 0.2) is 0 Å². The molecule has 0 radical (unpaired) electrons. The third kappa shape index (κ3) is 4.60. The minimum Gasteiger partial charge on any atom is -0.330 e.